The molecule has 20 heavy (non-hydrogen) atoms. The van der Waals surface area contributed by atoms with Crippen molar-refractivity contribution in [3.63, 3.8) is 0 Å². The van der Waals surface area contributed by atoms with E-state index in [4.69, 9.17) is 0 Å². The van der Waals surface area contributed by atoms with Gasteiger partial charge in [0.15, 0.2) is 0 Å². The van der Waals surface area contributed by atoms with Gasteiger partial charge in [-0.3, -0.25) is 4.68 Å². The van der Waals surface area contributed by atoms with Gasteiger partial charge in [-0.05, 0) is 40.5 Å². The van der Waals surface area contributed by atoms with Gasteiger partial charge >= 0.3 is 0 Å². The van der Waals surface area contributed by atoms with Gasteiger partial charge in [-0.2, -0.15) is 5.10 Å². The summed E-state index contributed by atoms with van der Waals surface area (Å²) in [6.07, 6.45) is 6.93. The van der Waals surface area contributed by atoms with Gasteiger partial charge in [0.05, 0.1) is 10.7 Å². The summed E-state index contributed by atoms with van der Waals surface area (Å²) >= 11 is 2.05. The molecule has 1 aliphatic rings. The topological polar surface area (TPSA) is 29.9 Å². The first-order valence-electron chi connectivity index (χ1n) is 7.81. The third-order valence-corrected chi connectivity index (χ3v) is 5.45. The number of thioether (sulfide) groups is 1. The average molecular weight is 295 g/mol. The van der Waals surface area contributed by atoms with Gasteiger partial charge < -0.3 is 5.32 Å². The fourth-order valence-electron chi connectivity index (χ4n) is 2.73. The van der Waals surface area contributed by atoms with E-state index in [0.29, 0.717) is 0 Å². The highest BCUT2D eigenvalue weighted by Crippen LogP contribution is 2.36. The molecule has 0 amide bonds. The van der Waals surface area contributed by atoms with Gasteiger partial charge in [0.2, 0.25) is 0 Å². The van der Waals surface area contributed by atoms with E-state index >= 15 is 0 Å². The first-order chi connectivity index (χ1) is 9.37. The highest BCUT2D eigenvalue weighted by atomic mass is 32.2. The molecule has 1 saturated carbocycles. The molecule has 1 aromatic heterocycles. The molecule has 0 spiro atoms. The van der Waals surface area contributed by atoms with Crippen LogP contribution in [-0.2, 0) is 13.6 Å². The first kappa shape index (κ1) is 15.9. The Morgan fingerprint density at radius 3 is 2.50 bits per heavy atom. The molecule has 0 saturated heterocycles. The van der Waals surface area contributed by atoms with E-state index in [9.17, 15) is 0 Å². The van der Waals surface area contributed by atoms with E-state index in [0.717, 1.165) is 11.8 Å². The Morgan fingerprint density at radius 2 is 1.90 bits per heavy atom. The zero-order chi connectivity index (χ0) is 14.8. The average Bonchev–Trinajstić information content (AvgIpc) is 2.62. The van der Waals surface area contributed by atoms with E-state index in [2.05, 4.69) is 49.8 Å². The summed E-state index contributed by atoms with van der Waals surface area (Å²) in [7, 11) is 2.08. The summed E-state index contributed by atoms with van der Waals surface area (Å²) in [6, 6.07) is 0. The first-order valence-corrected chi connectivity index (χ1v) is 8.69. The summed E-state index contributed by atoms with van der Waals surface area (Å²) in [6.45, 7) is 9.69. The summed E-state index contributed by atoms with van der Waals surface area (Å²) in [5, 5.41) is 10.4. The molecule has 0 aromatic carbocycles. The molecule has 3 nitrogen and oxygen atoms in total. The van der Waals surface area contributed by atoms with Gasteiger partial charge in [-0.1, -0.05) is 19.3 Å². The van der Waals surface area contributed by atoms with Crippen LogP contribution in [-0.4, -0.2) is 20.6 Å². The minimum Gasteiger partial charge on any atom is -0.308 e. The van der Waals surface area contributed by atoms with Crippen molar-refractivity contribution in [1.29, 1.82) is 0 Å². The van der Waals surface area contributed by atoms with E-state index in [1.54, 1.807) is 0 Å². The summed E-state index contributed by atoms with van der Waals surface area (Å²) in [5.41, 5.74) is 2.70. The van der Waals surface area contributed by atoms with Gasteiger partial charge in [-0.15, -0.1) is 11.8 Å². The fourth-order valence-corrected chi connectivity index (χ4v) is 4.17. The van der Waals surface area contributed by atoms with Crippen LogP contribution in [0.15, 0.2) is 5.03 Å². The predicted octanol–water partition coefficient (Wildman–Crippen LogP) is 4.04. The molecule has 0 aliphatic heterocycles. The zero-order valence-electron chi connectivity index (χ0n) is 13.6. The molecule has 1 heterocycles. The molecule has 0 unspecified atom stereocenters. The van der Waals surface area contributed by atoms with Gasteiger partial charge in [0.1, 0.15) is 0 Å². The van der Waals surface area contributed by atoms with Crippen LogP contribution in [0.4, 0.5) is 0 Å². The maximum atomic E-state index is 4.63. The minimum absolute atomic E-state index is 0.148. The number of hydrogen-bond acceptors (Lipinski definition) is 3. The molecule has 2 rings (SSSR count). The predicted molar refractivity (Wildman–Crippen MR) is 87.3 cm³/mol. The molecule has 0 radical (unpaired) electrons. The molecule has 0 bridgehead atoms. The van der Waals surface area contributed by atoms with Crippen molar-refractivity contribution >= 4 is 11.8 Å². The summed E-state index contributed by atoms with van der Waals surface area (Å²) in [4.78, 5) is 0. The minimum atomic E-state index is 0.148. The maximum Gasteiger partial charge on any atom is 0.0987 e. The van der Waals surface area contributed by atoms with Gasteiger partial charge in [0.25, 0.3) is 0 Å². The standard InChI is InChI=1S/C16H29N3S/c1-12-14(11-17-16(2,3)4)15(19(5)18-12)20-13-9-7-6-8-10-13/h13,17H,6-11H2,1-5H3. The van der Waals surface area contributed by atoms with E-state index in [-0.39, 0.29) is 5.54 Å². The lowest BCUT2D eigenvalue weighted by Gasteiger charge is -2.23. The second kappa shape index (κ2) is 6.52. The molecule has 1 fully saturated rings. The second-order valence-electron chi connectivity index (χ2n) is 6.97. The highest BCUT2D eigenvalue weighted by Gasteiger charge is 2.21. The molecular formula is C16H29N3S. The lowest BCUT2D eigenvalue weighted by molar-refractivity contribution is 0.421. The number of rotatable bonds is 4. The molecule has 1 N–H and O–H groups in total. The molecule has 1 aromatic rings. The van der Waals surface area contributed by atoms with E-state index < -0.39 is 0 Å². The Hall–Kier alpha value is -0.480. The fraction of sp³-hybridized carbons (Fsp3) is 0.812. The molecular weight excluding hydrogens is 266 g/mol. The van der Waals surface area contributed by atoms with Crippen LogP contribution >= 0.6 is 11.8 Å². The van der Waals surface area contributed by atoms with Gasteiger partial charge in [-0.25, -0.2) is 0 Å². The number of nitrogens with zero attached hydrogens (tertiary/aromatic N) is 2. The Morgan fingerprint density at radius 1 is 1.25 bits per heavy atom. The SMILES string of the molecule is Cc1nn(C)c(SC2CCCCC2)c1CNC(C)(C)C. The number of hydrogen-bond donors (Lipinski definition) is 1. The van der Waals surface area contributed by atoms with Crippen LogP contribution in [0, 0.1) is 6.92 Å². The summed E-state index contributed by atoms with van der Waals surface area (Å²) < 4.78 is 2.08. The second-order valence-corrected chi connectivity index (χ2v) is 8.26. The number of aromatic nitrogens is 2. The largest absolute Gasteiger partial charge is 0.308 e. The maximum absolute atomic E-state index is 4.63. The van der Waals surface area contributed by atoms with Crippen molar-refractivity contribution in [2.24, 2.45) is 7.05 Å². The number of nitrogens with one attached hydrogen (secondary N) is 1. The van der Waals surface area contributed by atoms with Crippen molar-refractivity contribution in [3.8, 4) is 0 Å². The van der Waals surface area contributed by atoms with E-state index in [1.165, 1.54) is 48.4 Å². The van der Waals surface area contributed by atoms with Crippen molar-refractivity contribution in [2.45, 2.75) is 82.2 Å². The zero-order valence-corrected chi connectivity index (χ0v) is 14.4. The normalized spacial score (nSPS) is 17.6. The van der Waals surface area contributed by atoms with Crippen molar-refractivity contribution in [2.75, 3.05) is 0 Å². The van der Waals surface area contributed by atoms with Crippen LogP contribution in [0.5, 0.6) is 0 Å². The molecule has 4 heteroatoms. The van der Waals surface area contributed by atoms with Crippen molar-refractivity contribution in [3.05, 3.63) is 11.3 Å². The Kier molecular flexibility index (Phi) is 5.19. The van der Waals surface area contributed by atoms with Crippen molar-refractivity contribution in [1.82, 2.24) is 15.1 Å². The third-order valence-electron chi connectivity index (χ3n) is 3.91. The van der Waals surface area contributed by atoms with E-state index in [1.807, 2.05) is 11.8 Å². The third kappa shape index (κ3) is 4.26. The Labute approximate surface area is 127 Å². The van der Waals surface area contributed by atoms with Gasteiger partial charge in [0, 0.05) is 29.9 Å². The van der Waals surface area contributed by atoms with Crippen LogP contribution in [0.1, 0.15) is 64.1 Å². The summed E-state index contributed by atoms with van der Waals surface area (Å²) in [5.74, 6) is 0. The smallest absolute Gasteiger partial charge is 0.0987 e. The molecule has 1 aliphatic carbocycles. The lowest BCUT2D eigenvalue weighted by atomic mass is 10.0. The molecule has 0 atom stereocenters. The van der Waals surface area contributed by atoms with Crippen LogP contribution in [0.2, 0.25) is 0 Å². The van der Waals surface area contributed by atoms with Crippen LogP contribution < -0.4 is 5.32 Å². The van der Waals surface area contributed by atoms with Crippen LogP contribution in [0.3, 0.4) is 0 Å². The quantitative estimate of drug-likeness (QED) is 0.909. The monoisotopic (exact) mass is 295 g/mol. The highest BCUT2D eigenvalue weighted by molar-refractivity contribution is 7.99. The Balaban J connectivity index is 2.10. The lowest BCUT2D eigenvalue weighted by Crippen LogP contribution is -2.35. The molecule has 114 valence electrons. The Bertz CT molecular complexity index is 439. The number of aryl methyl sites for hydroxylation is 2. The van der Waals surface area contributed by atoms with Crippen LogP contribution in [0.25, 0.3) is 0 Å². The van der Waals surface area contributed by atoms with Crippen molar-refractivity contribution < 1.29 is 0 Å².